The van der Waals surface area contributed by atoms with Gasteiger partial charge in [-0.2, -0.15) is 0 Å². The molecule has 11 heteroatoms. The van der Waals surface area contributed by atoms with Crippen LogP contribution < -0.4 is 5.32 Å². The molecule has 0 radical (unpaired) electrons. The normalized spacial score (nSPS) is 20.7. The van der Waals surface area contributed by atoms with Gasteiger partial charge in [-0.05, 0) is 86.1 Å². The van der Waals surface area contributed by atoms with Crippen LogP contribution in [0.2, 0.25) is 5.82 Å². The highest BCUT2D eigenvalue weighted by molar-refractivity contribution is 7.61. The maximum absolute atomic E-state index is 13.9. The molecule has 0 spiro atoms. The summed E-state index contributed by atoms with van der Waals surface area (Å²) in [5.41, 5.74) is -1.69. The van der Waals surface area contributed by atoms with Gasteiger partial charge in [0.1, 0.15) is 7.28 Å². The van der Waals surface area contributed by atoms with Crippen molar-refractivity contribution in [2.75, 3.05) is 13.2 Å². The Hall–Kier alpha value is 0.285. The van der Waals surface area contributed by atoms with Crippen molar-refractivity contribution in [3.8, 4) is 0 Å². The van der Waals surface area contributed by atoms with E-state index in [4.69, 9.17) is 14.0 Å². The average Bonchev–Trinajstić information content (AvgIpc) is 2.89. The first-order valence-electron chi connectivity index (χ1n) is 17.4. The molecule has 0 fully saturated rings. The molecule has 7 atom stereocenters. The van der Waals surface area contributed by atoms with Gasteiger partial charge in [0.05, 0.1) is 17.8 Å². The van der Waals surface area contributed by atoms with Crippen molar-refractivity contribution < 1.29 is 32.9 Å². The summed E-state index contributed by atoms with van der Waals surface area (Å²) < 4.78 is 46.2. The van der Waals surface area contributed by atoms with Gasteiger partial charge in [0.15, 0.2) is 10.7 Å². The Labute approximate surface area is 273 Å². The van der Waals surface area contributed by atoms with Crippen LogP contribution in [0.15, 0.2) is 0 Å². The number of rotatable bonds is 25. The van der Waals surface area contributed by atoms with Crippen LogP contribution >= 0.6 is 15.0 Å². The molecule has 44 heavy (non-hydrogen) atoms. The Kier molecular flexibility index (Phi) is 18.8. The Morgan fingerprint density at radius 1 is 0.795 bits per heavy atom. The monoisotopic (exact) mass is 667 g/mol. The molecule has 8 nitrogen and oxygen atoms in total. The third kappa shape index (κ3) is 14.2. The van der Waals surface area contributed by atoms with E-state index in [0.717, 1.165) is 45.9 Å². The van der Waals surface area contributed by atoms with Crippen molar-refractivity contribution in [2.45, 2.75) is 194 Å². The Bertz CT molecular complexity index is 919. The van der Waals surface area contributed by atoms with Crippen LogP contribution in [-0.4, -0.2) is 63.7 Å². The molecule has 0 heterocycles. The van der Waals surface area contributed by atoms with Crippen LogP contribution in [0, 0.1) is 5.92 Å². The summed E-state index contributed by atoms with van der Waals surface area (Å²) in [4.78, 5) is 22.6. The minimum atomic E-state index is -4.53. The maximum Gasteiger partial charge on any atom is 0.360 e. The van der Waals surface area contributed by atoms with Crippen LogP contribution in [0.25, 0.3) is 0 Å². The van der Waals surface area contributed by atoms with Crippen LogP contribution in [-0.2, 0) is 23.1 Å². The fraction of sp³-hybridized carbons (Fsp3) is 1.00. The average molecular weight is 668 g/mol. The largest absolute Gasteiger partial charge is 0.375 e. The van der Waals surface area contributed by atoms with Crippen molar-refractivity contribution in [1.29, 1.82) is 0 Å². The molecule has 0 saturated carbocycles. The van der Waals surface area contributed by atoms with Crippen molar-refractivity contribution in [1.82, 2.24) is 5.32 Å². The highest BCUT2D eigenvalue weighted by Crippen LogP contribution is 2.70. The number of hydrogen-bond acceptors (Lipinski definition) is 6. The van der Waals surface area contributed by atoms with Gasteiger partial charge in [0.25, 0.3) is 0 Å². The summed E-state index contributed by atoms with van der Waals surface area (Å²) in [5.74, 6) is 1.79. The van der Waals surface area contributed by atoms with Gasteiger partial charge in [-0.3, -0.25) is 13.7 Å². The minimum Gasteiger partial charge on any atom is -0.375 e. The van der Waals surface area contributed by atoms with E-state index >= 15 is 0 Å². The lowest BCUT2D eigenvalue weighted by Gasteiger charge is -2.44. The predicted molar refractivity (Wildman–Crippen MR) is 190 cm³/mol. The van der Waals surface area contributed by atoms with E-state index in [9.17, 15) is 18.9 Å². The highest BCUT2D eigenvalue weighted by atomic mass is 31.2. The first kappa shape index (κ1) is 44.3. The van der Waals surface area contributed by atoms with E-state index in [1.807, 2.05) is 13.8 Å². The number of hydrogen-bond donors (Lipinski definition) is 3. The second-order valence-electron chi connectivity index (χ2n) is 15.3. The summed E-state index contributed by atoms with van der Waals surface area (Å²) in [5, 5.41) is 0.388. The van der Waals surface area contributed by atoms with Gasteiger partial charge in [-0.1, -0.05) is 92.8 Å². The molecule has 264 valence electrons. The van der Waals surface area contributed by atoms with Crippen LogP contribution in [0.3, 0.4) is 0 Å². The fourth-order valence-corrected chi connectivity index (χ4v) is 9.71. The molecule has 0 amide bonds. The molecule has 0 aliphatic heterocycles. The molecule has 0 aromatic rings. The zero-order valence-corrected chi connectivity index (χ0v) is 32.9. The second-order valence-corrected chi connectivity index (χ2v) is 20.5. The van der Waals surface area contributed by atoms with Crippen LogP contribution in [0.4, 0.5) is 0 Å². The zero-order chi connectivity index (χ0) is 34.6. The molecule has 7 unspecified atom stereocenters. The van der Waals surface area contributed by atoms with Gasteiger partial charge >= 0.3 is 7.60 Å². The van der Waals surface area contributed by atoms with E-state index in [0.29, 0.717) is 37.1 Å². The molecular formula is C33H72BNO7P2. The van der Waals surface area contributed by atoms with Crippen LogP contribution in [0.5, 0.6) is 0 Å². The number of unbranched alkanes of at least 4 members (excludes halogenated alkanes) is 3. The molecule has 0 bridgehead atoms. The van der Waals surface area contributed by atoms with E-state index in [-0.39, 0.29) is 18.4 Å². The van der Waals surface area contributed by atoms with Gasteiger partial charge in [-0.15, -0.1) is 0 Å². The van der Waals surface area contributed by atoms with E-state index in [1.165, 1.54) is 6.92 Å². The highest BCUT2D eigenvalue weighted by Gasteiger charge is 2.56. The zero-order valence-electron chi connectivity index (χ0n) is 31.1. The summed E-state index contributed by atoms with van der Waals surface area (Å²) in [6.07, 6.45) is 6.24. The minimum absolute atomic E-state index is 0.126. The third-order valence-electron chi connectivity index (χ3n) is 9.76. The summed E-state index contributed by atoms with van der Waals surface area (Å²) >= 11 is 0. The third-order valence-corrected chi connectivity index (χ3v) is 15.4. The van der Waals surface area contributed by atoms with E-state index in [1.54, 1.807) is 27.7 Å². The lowest BCUT2D eigenvalue weighted by molar-refractivity contribution is -0.125. The van der Waals surface area contributed by atoms with Crippen molar-refractivity contribution in [3.63, 3.8) is 0 Å². The van der Waals surface area contributed by atoms with Gasteiger partial charge in [-0.25, -0.2) is 0 Å². The molecule has 0 saturated heterocycles. The summed E-state index contributed by atoms with van der Waals surface area (Å²) in [7, 11) is -7.37. The smallest absolute Gasteiger partial charge is 0.360 e. The van der Waals surface area contributed by atoms with Gasteiger partial charge < -0.3 is 24.6 Å². The Morgan fingerprint density at radius 2 is 1.36 bits per heavy atom. The quantitative estimate of drug-likeness (QED) is 0.0502. The van der Waals surface area contributed by atoms with Gasteiger partial charge in [0.2, 0.25) is 7.37 Å². The molecule has 0 rings (SSSR count). The van der Waals surface area contributed by atoms with Crippen molar-refractivity contribution >= 4 is 22.2 Å². The fourth-order valence-electron chi connectivity index (χ4n) is 5.37. The Balaban J connectivity index is 5.35. The first-order chi connectivity index (χ1) is 19.9. The topological polar surface area (TPSA) is 114 Å². The standard InChI is InChI=1S/C33H72BNO7P2/c1-15-18-19-20-21-27(6)43(36,37)33(14,17-3)42-44(38,39)32(13,16-2)41-31(11,12)23-25-40-30(9,10)22-24-35-29(8)34-28(7)26(4)5/h26-29,34-35H,15-25H2,1-14H3,(H,36,37)(H,38,39). The second kappa shape index (κ2) is 18.7. The molecule has 3 N–H and O–H groups in total. The van der Waals surface area contributed by atoms with E-state index < -0.39 is 36.9 Å². The molecule has 0 aliphatic carbocycles. The number of nitrogens with one attached hydrogen (secondary N) is 1. The van der Waals surface area contributed by atoms with E-state index in [2.05, 4.69) is 53.8 Å². The Morgan fingerprint density at radius 3 is 1.86 bits per heavy atom. The molecular weight excluding hydrogens is 595 g/mol. The maximum atomic E-state index is 13.9. The molecule has 0 aromatic carbocycles. The predicted octanol–water partition coefficient (Wildman–Crippen LogP) is 9.28. The lowest BCUT2D eigenvalue weighted by Crippen LogP contribution is -2.43. The lowest BCUT2D eigenvalue weighted by atomic mass is 9.56. The first-order valence-corrected chi connectivity index (χ1v) is 20.7. The van der Waals surface area contributed by atoms with Crippen molar-refractivity contribution in [2.24, 2.45) is 5.92 Å². The van der Waals surface area contributed by atoms with Crippen molar-refractivity contribution in [3.05, 3.63) is 0 Å². The number of ether oxygens (including phenoxy) is 2. The SMILES string of the molecule is CCCCCCC(C)P(=O)(O)C(C)(CC)OP(=O)(O)C(C)(CC)OC(C)(C)CCOC(C)(C)CCNC(C)BC(C)C(C)C. The molecule has 0 aliphatic rings. The van der Waals surface area contributed by atoms with Gasteiger partial charge in [0, 0.05) is 5.66 Å². The summed E-state index contributed by atoms with van der Waals surface area (Å²) in [6.45, 7) is 28.7. The van der Waals surface area contributed by atoms with Crippen LogP contribution in [0.1, 0.15) is 155 Å². The summed E-state index contributed by atoms with van der Waals surface area (Å²) in [6, 6.07) is 0. The molecule has 0 aromatic heterocycles.